The van der Waals surface area contributed by atoms with E-state index in [0.717, 1.165) is 11.3 Å². The highest BCUT2D eigenvalue weighted by Crippen LogP contribution is 2.31. The average Bonchev–Trinajstić information content (AvgIpc) is 2.64. The lowest BCUT2D eigenvalue weighted by Gasteiger charge is -2.41. The molecule has 2 rings (SSSR count). The molecule has 0 unspecified atom stereocenters. The van der Waals surface area contributed by atoms with Crippen LogP contribution >= 0.6 is 11.3 Å². The van der Waals surface area contributed by atoms with Gasteiger partial charge in [-0.25, -0.2) is 9.78 Å². The number of rotatable bonds is 2. The topological polar surface area (TPSA) is 82.5 Å². The molecule has 1 aliphatic heterocycles. The molecule has 0 saturated carbocycles. The number of nitrogens with zero attached hydrogens (tertiary/aromatic N) is 2. The molecule has 0 aliphatic carbocycles. The molecular formula is C11H15N3O3S. The number of aromatic nitrogens is 1. The molecule has 1 amide bonds. The third-order valence-corrected chi connectivity index (χ3v) is 4.23. The molecule has 0 radical (unpaired) electrons. The zero-order valence-corrected chi connectivity index (χ0v) is 11.3. The summed E-state index contributed by atoms with van der Waals surface area (Å²) in [6.45, 7) is 6.45. The zero-order chi connectivity index (χ0) is 13.5. The van der Waals surface area contributed by atoms with E-state index in [4.69, 9.17) is 5.11 Å². The minimum absolute atomic E-state index is 0.0709. The first-order valence-electron chi connectivity index (χ1n) is 5.60. The van der Waals surface area contributed by atoms with Crippen molar-refractivity contribution in [2.75, 3.05) is 18.0 Å². The van der Waals surface area contributed by atoms with Crippen LogP contribution in [0.2, 0.25) is 0 Å². The van der Waals surface area contributed by atoms with Crippen molar-refractivity contribution in [2.45, 2.75) is 26.3 Å². The van der Waals surface area contributed by atoms with Gasteiger partial charge in [-0.2, -0.15) is 0 Å². The fourth-order valence-corrected chi connectivity index (χ4v) is 3.01. The summed E-state index contributed by atoms with van der Waals surface area (Å²) in [5.74, 6) is -1.05. The molecule has 18 heavy (non-hydrogen) atoms. The van der Waals surface area contributed by atoms with E-state index in [2.05, 4.69) is 10.3 Å². The summed E-state index contributed by atoms with van der Waals surface area (Å²) in [6, 6.07) is 0. The summed E-state index contributed by atoms with van der Waals surface area (Å²) >= 11 is 1.11. The van der Waals surface area contributed by atoms with Crippen LogP contribution in [-0.4, -0.2) is 40.6 Å². The number of aryl methyl sites for hydroxylation is 1. The van der Waals surface area contributed by atoms with Crippen molar-refractivity contribution in [3.8, 4) is 0 Å². The molecule has 1 saturated heterocycles. The summed E-state index contributed by atoms with van der Waals surface area (Å²) in [5, 5.41) is 12.4. The second-order valence-electron chi connectivity index (χ2n) is 4.68. The Morgan fingerprint density at radius 2 is 2.22 bits per heavy atom. The molecule has 0 aromatic carbocycles. The van der Waals surface area contributed by atoms with Gasteiger partial charge in [-0.3, -0.25) is 4.79 Å². The van der Waals surface area contributed by atoms with E-state index in [9.17, 15) is 9.59 Å². The van der Waals surface area contributed by atoms with E-state index in [1.807, 2.05) is 4.90 Å². The van der Waals surface area contributed by atoms with Crippen LogP contribution in [0.1, 0.15) is 29.2 Å². The Kier molecular flexibility index (Phi) is 3.02. The molecule has 0 atom stereocenters. The van der Waals surface area contributed by atoms with E-state index in [1.54, 1.807) is 20.8 Å². The first-order valence-corrected chi connectivity index (χ1v) is 6.42. The average molecular weight is 269 g/mol. The Hall–Kier alpha value is -1.63. The molecule has 2 heterocycles. The van der Waals surface area contributed by atoms with Crippen molar-refractivity contribution < 1.29 is 14.7 Å². The zero-order valence-electron chi connectivity index (χ0n) is 10.5. The van der Waals surface area contributed by atoms with Gasteiger partial charge >= 0.3 is 5.97 Å². The minimum atomic E-state index is -0.976. The SMILES string of the molecule is Cc1nc(N2CCNC(=O)C2(C)C)sc1C(=O)O. The number of carbonyl (C=O) groups excluding carboxylic acids is 1. The summed E-state index contributed by atoms with van der Waals surface area (Å²) < 4.78 is 0. The van der Waals surface area contributed by atoms with Crippen LogP contribution in [0.5, 0.6) is 0 Å². The molecule has 98 valence electrons. The van der Waals surface area contributed by atoms with Crippen LogP contribution in [0, 0.1) is 6.92 Å². The number of thiazole rings is 1. The maximum absolute atomic E-state index is 11.8. The Morgan fingerprint density at radius 3 is 2.78 bits per heavy atom. The van der Waals surface area contributed by atoms with Crippen molar-refractivity contribution >= 4 is 28.3 Å². The van der Waals surface area contributed by atoms with Crippen LogP contribution in [-0.2, 0) is 4.79 Å². The summed E-state index contributed by atoms with van der Waals surface area (Å²) in [4.78, 5) is 29.2. The predicted molar refractivity (Wildman–Crippen MR) is 68.2 cm³/mol. The van der Waals surface area contributed by atoms with Gasteiger partial charge in [0.05, 0.1) is 5.69 Å². The predicted octanol–water partition coefficient (Wildman–Crippen LogP) is 0.865. The quantitative estimate of drug-likeness (QED) is 0.832. The normalized spacial score (nSPS) is 18.6. The van der Waals surface area contributed by atoms with Gasteiger partial charge in [-0.15, -0.1) is 0 Å². The monoisotopic (exact) mass is 269 g/mol. The molecule has 0 bridgehead atoms. The summed E-state index contributed by atoms with van der Waals surface area (Å²) in [6.07, 6.45) is 0. The van der Waals surface area contributed by atoms with Crippen molar-refractivity contribution in [1.29, 1.82) is 0 Å². The number of anilines is 1. The number of hydrogen-bond donors (Lipinski definition) is 2. The molecule has 6 nitrogen and oxygen atoms in total. The maximum Gasteiger partial charge on any atom is 0.347 e. The van der Waals surface area contributed by atoms with Gasteiger partial charge in [-0.05, 0) is 20.8 Å². The second-order valence-corrected chi connectivity index (χ2v) is 5.66. The van der Waals surface area contributed by atoms with Gasteiger partial charge in [0.2, 0.25) is 5.91 Å². The van der Waals surface area contributed by atoms with E-state index >= 15 is 0 Å². The van der Waals surface area contributed by atoms with Gasteiger partial charge in [0, 0.05) is 13.1 Å². The third-order valence-electron chi connectivity index (χ3n) is 3.06. The molecule has 1 fully saturated rings. The highest BCUT2D eigenvalue weighted by Gasteiger charge is 2.39. The van der Waals surface area contributed by atoms with E-state index < -0.39 is 11.5 Å². The van der Waals surface area contributed by atoms with E-state index in [0.29, 0.717) is 23.9 Å². The Balaban J connectivity index is 2.39. The van der Waals surface area contributed by atoms with E-state index in [1.165, 1.54) is 0 Å². The van der Waals surface area contributed by atoms with Crippen LogP contribution in [0.15, 0.2) is 0 Å². The van der Waals surface area contributed by atoms with Gasteiger partial charge in [0.25, 0.3) is 0 Å². The van der Waals surface area contributed by atoms with Crippen LogP contribution < -0.4 is 10.2 Å². The maximum atomic E-state index is 11.8. The molecule has 7 heteroatoms. The molecule has 0 spiro atoms. The number of hydrogen-bond acceptors (Lipinski definition) is 5. The summed E-state index contributed by atoms with van der Waals surface area (Å²) in [7, 11) is 0. The summed E-state index contributed by atoms with van der Waals surface area (Å²) in [5.41, 5.74) is -0.220. The Bertz CT molecular complexity index is 510. The van der Waals surface area contributed by atoms with Crippen molar-refractivity contribution in [3.63, 3.8) is 0 Å². The fraction of sp³-hybridized carbons (Fsp3) is 0.545. The Morgan fingerprint density at radius 1 is 1.56 bits per heavy atom. The molecule has 2 N–H and O–H groups in total. The number of aromatic carboxylic acids is 1. The standard InChI is InChI=1S/C11H15N3O3S/c1-6-7(8(15)16)18-10(13-6)14-5-4-12-9(17)11(14,2)3/h4-5H2,1-3H3,(H,12,17)(H,15,16). The lowest BCUT2D eigenvalue weighted by molar-refractivity contribution is -0.126. The van der Waals surface area contributed by atoms with Crippen molar-refractivity contribution in [3.05, 3.63) is 10.6 Å². The van der Waals surface area contributed by atoms with Gasteiger partial charge in [-0.1, -0.05) is 11.3 Å². The van der Waals surface area contributed by atoms with Crippen LogP contribution in [0.3, 0.4) is 0 Å². The highest BCUT2D eigenvalue weighted by atomic mass is 32.1. The number of carbonyl (C=O) groups is 2. The van der Waals surface area contributed by atoms with Gasteiger partial charge in [0.15, 0.2) is 5.13 Å². The molecule has 1 aliphatic rings. The molecule has 1 aromatic rings. The molecular weight excluding hydrogens is 254 g/mol. The number of piperazine rings is 1. The first-order chi connectivity index (χ1) is 8.34. The first kappa shape index (κ1) is 12.8. The lowest BCUT2D eigenvalue weighted by atomic mass is 10.00. The minimum Gasteiger partial charge on any atom is -0.477 e. The number of nitrogens with one attached hydrogen (secondary N) is 1. The largest absolute Gasteiger partial charge is 0.477 e. The van der Waals surface area contributed by atoms with Crippen LogP contribution in [0.25, 0.3) is 0 Å². The fourth-order valence-electron chi connectivity index (χ4n) is 1.93. The van der Waals surface area contributed by atoms with Crippen molar-refractivity contribution in [1.82, 2.24) is 10.3 Å². The van der Waals surface area contributed by atoms with E-state index in [-0.39, 0.29) is 10.8 Å². The van der Waals surface area contributed by atoms with Crippen molar-refractivity contribution in [2.24, 2.45) is 0 Å². The third kappa shape index (κ3) is 1.94. The Labute approximate surface area is 109 Å². The second kappa shape index (κ2) is 4.24. The smallest absolute Gasteiger partial charge is 0.347 e. The molecule has 1 aromatic heterocycles. The lowest BCUT2D eigenvalue weighted by Crippen LogP contribution is -2.62. The highest BCUT2D eigenvalue weighted by molar-refractivity contribution is 7.17. The number of carboxylic acids is 1. The number of amides is 1. The van der Waals surface area contributed by atoms with Gasteiger partial charge < -0.3 is 15.3 Å². The number of carboxylic acid groups (broad SMARTS) is 1. The van der Waals surface area contributed by atoms with Gasteiger partial charge in [0.1, 0.15) is 10.4 Å². The van der Waals surface area contributed by atoms with Crippen LogP contribution in [0.4, 0.5) is 5.13 Å².